The van der Waals surface area contributed by atoms with E-state index in [4.69, 9.17) is 0 Å². The Morgan fingerprint density at radius 2 is 1.79 bits per heavy atom. The number of halogens is 4. The first-order valence-electron chi connectivity index (χ1n) is 5.16. The van der Waals surface area contributed by atoms with E-state index >= 15 is 0 Å². The number of carbonyl (C=O) groups excluding carboxylic acids is 2. The van der Waals surface area contributed by atoms with Crippen LogP contribution in [0.1, 0.15) is 20.7 Å². The van der Waals surface area contributed by atoms with Gasteiger partial charge in [-0.1, -0.05) is 0 Å². The van der Waals surface area contributed by atoms with Crippen molar-refractivity contribution in [2.24, 2.45) is 0 Å². The van der Waals surface area contributed by atoms with Gasteiger partial charge in [-0.3, -0.25) is 19.2 Å². The third kappa shape index (κ3) is 3.06. The van der Waals surface area contributed by atoms with Crippen molar-refractivity contribution >= 4 is 34.4 Å². The molecule has 0 fully saturated rings. The van der Waals surface area contributed by atoms with Crippen molar-refractivity contribution in [2.75, 3.05) is 13.2 Å². The summed E-state index contributed by atoms with van der Waals surface area (Å²) in [4.78, 5) is 24.5. The Morgan fingerprint density at radius 1 is 1.16 bits per heavy atom. The fourth-order valence-electron chi connectivity index (χ4n) is 1.72. The normalized spacial score (nSPS) is 15.1. The molecule has 8 heteroatoms. The van der Waals surface area contributed by atoms with Gasteiger partial charge in [-0.2, -0.15) is 0 Å². The maximum atomic E-state index is 11.9. The number of rotatable bonds is 3. The first-order chi connectivity index (χ1) is 8.79. The molecule has 0 aromatic heterocycles. The molecule has 0 spiro atoms. The number of fused-ring (bicyclic) bond motifs is 1. The Hall–Kier alpha value is -1.16. The molecule has 1 aromatic rings. The van der Waals surface area contributed by atoms with E-state index in [-0.39, 0.29) is 11.1 Å². The second-order valence-electron chi connectivity index (χ2n) is 3.75. The molecule has 0 unspecified atom stereocenters. The van der Waals surface area contributed by atoms with Gasteiger partial charge in [0.1, 0.15) is 0 Å². The third-order valence-electron chi connectivity index (χ3n) is 2.51. The molecule has 2 amide bonds. The molecule has 0 radical (unpaired) electrons. The lowest BCUT2D eigenvalue weighted by Crippen LogP contribution is -2.34. The van der Waals surface area contributed by atoms with Gasteiger partial charge in [-0.05, 0) is 40.8 Å². The summed E-state index contributed by atoms with van der Waals surface area (Å²) in [5, 5.41) is 0. The predicted octanol–water partition coefficient (Wildman–Crippen LogP) is 2.42. The summed E-state index contributed by atoms with van der Waals surface area (Å²) in [6.07, 6.45) is -4.77. The van der Waals surface area contributed by atoms with Crippen molar-refractivity contribution < 1.29 is 27.5 Å². The zero-order valence-electron chi connectivity index (χ0n) is 9.33. The number of imide groups is 1. The summed E-state index contributed by atoms with van der Waals surface area (Å²) in [5.41, 5.74) is 0.418. The van der Waals surface area contributed by atoms with Crippen molar-refractivity contribution in [1.29, 1.82) is 0 Å². The van der Waals surface area contributed by atoms with Crippen LogP contribution in [-0.2, 0) is 4.74 Å². The Morgan fingerprint density at radius 3 is 2.42 bits per heavy atom. The molecule has 2 rings (SSSR count). The zero-order chi connectivity index (χ0) is 14.2. The van der Waals surface area contributed by atoms with Gasteiger partial charge < -0.3 is 0 Å². The molecule has 0 atom stereocenters. The molecule has 0 saturated heterocycles. The van der Waals surface area contributed by atoms with E-state index < -0.39 is 31.3 Å². The first-order valence-corrected chi connectivity index (χ1v) is 6.24. The average molecular weight is 385 g/mol. The number of carbonyl (C=O) groups is 2. The molecular formula is C11H7F3INO3. The molecule has 1 aliphatic rings. The SMILES string of the molecule is O=C1c2ccc(I)cc2C(=O)N1CCOC(F)(F)F. The van der Waals surface area contributed by atoms with E-state index in [1.54, 1.807) is 6.07 Å². The molecule has 4 nitrogen and oxygen atoms in total. The van der Waals surface area contributed by atoms with Crippen LogP contribution in [0.2, 0.25) is 0 Å². The molecule has 1 heterocycles. The number of hydrogen-bond donors (Lipinski definition) is 0. The highest BCUT2D eigenvalue weighted by Crippen LogP contribution is 2.25. The van der Waals surface area contributed by atoms with Gasteiger partial charge in [0.15, 0.2) is 0 Å². The number of hydrogen-bond acceptors (Lipinski definition) is 3. The Labute approximate surface area is 119 Å². The highest BCUT2D eigenvalue weighted by atomic mass is 127. The van der Waals surface area contributed by atoms with Crippen molar-refractivity contribution in [1.82, 2.24) is 4.90 Å². The lowest BCUT2D eigenvalue weighted by atomic mass is 10.1. The standard InChI is InChI=1S/C11H7F3INO3/c12-11(13,14)19-4-3-16-9(17)7-2-1-6(15)5-8(7)10(16)18/h1-2,5H,3-4H2. The van der Waals surface area contributed by atoms with E-state index in [1.165, 1.54) is 12.1 Å². The highest BCUT2D eigenvalue weighted by Gasteiger charge is 2.36. The topological polar surface area (TPSA) is 46.6 Å². The molecule has 0 saturated carbocycles. The quantitative estimate of drug-likeness (QED) is 0.593. The van der Waals surface area contributed by atoms with E-state index in [0.29, 0.717) is 0 Å². The van der Waals surface area contributed by atoms with Crippen LogP contribution in [0.3, 0.4) is 0 Å². The fourth-order valence-corrected chi connectivity index (χ4v) is 2.21. The lowest BCUT2D eigenvalue weighted by Gasteiger charge is -2.14. The molecule has 19 heavy (non-hydrogen) atoms. The molecule has 0 N–H and O–H groups in total. The maximum Gasteiger partial charge on any atom is 0.522 e. The smallest absolute Gasteiger partial charge is 0.290 e. The molecule has 0 aliphatic carbocycles. The number of ether oxygens (including phenoxy) is 1. The Kier molecular flexibility index (Phi) is 3.81. The van der Waals surface area contributed by atoms with E-state index in [2.05, 4.69) is 4.74 Å². The van der Waals surface area contributed by atoms with E-state index in [1.807, 2.05) is 22.6 Å². The molecular weight excluding hydrogens is 378 g/mol. The van der Waals surface area contributed by atoms with Crippen molar-refractivity contribution in [3.63, 3.8) is 0 Å². The molecule has 1 aromatic carbocycles. The summed E-state index contributed by atoms with van der Waals surface area (Å²) in [6, 6.07) is 4.67. The minimum atomic E-state index is -4.77. The summed E-state index contributed by atoms with van der Waals surface area (Å²) in [7, 11) is 0. The Bertz CT molecular complexity index is 544. The summed E-state index contributed by atoms with van der Waals surface area (Å²) < 4.78 is 39.8. The van der Waals surface area contributed by atoms with Crippen molar-refractivity contribution in [3.8, 4) is 0 Å². The summed E-state index contributed by atoms with van der Waals surface area (Å²) in [5.74, 6) is -1.19. The average Bonchev–Trinajstić information content (AvgIpc) is 2.52. The van der Waals surface area contributed by atoms with Crippen LogP contribution < -0.4 is 0 Å². The summed E-state index contributed by atoms with van der Waals surface area (Å²) >= 11 is 1.98. The van der Waals surface area contributed by atoms with Crippen LogP contribution in [-0.4, -0.2) is 36.2 Å². The largest absolute Gasteiger partial charge is 0.522 e. The second kappa shape index (κ2) is 5.08. The van der Waals surface area contributed by atoms with Gasteiger partial charge in [0, 0.05) is 3.57 Å². The Balaban J connectivity index is 2.10. The lowest BCUT2D eigenvalue weighted by molar-refractivity contribution is -0.324. The van der Waals surface area contributed by atoms with Crippen molar-refractivity contribution in [3.05, 3.63) is 32.9 Å². The van der Waals surface area contributed by atoms with Gasteiger partial charge in [0.25, 0.3) is 11.8 Å². The van der Waals surface area contributed by atoms with Gasteiger partial charge >= 0.3 is 6.36 Å². The molecule has 0 bridgehead atoms. The third-order valence-corrected chi connectivity index (χ3v) is 3.18. The first kappa shape index (κ1) is 14.3. The van der Waals surface area contributed by atoms with Gasteiger partial charge in [-0.25, -0.2) is 0 Å². The molecule has 1 aliphatic heterocycles. The van der Waals surface area contributed by atoms with Crippen LogP contribution in [0.25, 0.3) is 0 Å². The zero-order valence-corrected chi connectivity index (χ0v) is 11.5. The fraction of sp³-hybridized carbons (Fsp3) is 0.273. The number of amides is 2. The van der Waals surface area contributed by atoms with Crippen LogP contribution in [0.5, 0.6) is 0 Å². The minimum Gasteiger partial charge on any atom is -0.290 e. The van der Waals surface area contributed by atoms with Gasteiger partial charge in [0.2, 0.25) is 0 Å². The van der Waals surface area contributed by atoms with Gasteiger partial charge in [-0.15, -0.1) is 13.2 Å². The van der Waals surface area contributed by atoms with Crippen LogP contribution in [0.15, 0.2) is 18.2 Å². The molecule has 102 valence electrons. The van der Waals surface area contributed by atoms with Crippen LogP contribution >= 0.6 is 22.6 Å². The van der Waals surface area contributed by atoms with E-state index in [0.717, 1.165) is 8.47 Å². The van der Waals surface area contributed by atoms with E-state index in [9.17, 15) is 22.8 Å². The van der Waals surface area contributed by atoms with Crippen molar-refractivity contribution in [2.45, 2.75) is 6.36 Å². The minimum absolute atomic E-state index is 0.206. The highest BCUT2D eigenvalue weighted by molar-refractivity contribution is 14.1. The monoisotopic (exact) mass is 385 g/mol. The maximum absolute atomic E-state index is 11.9. The summed E-state index contributed by atoms with van der Waals surface area (Å²) in [6.45, 7) is -1.20. The number of benzene rings is 1. The van der Waals surface area contributed by atoms with Crippen LogP contribution in [0.4, 0.5) is 13.2 Å². The number of nitrogens with zero attached hydrogens (tertiary/aromatic N) is 1. The number of alkyl halides is 3. The predicted molar refractivity (Wildman–Crippen MR) is 66.5 cm³/mol. The second-order valence-corrected chi connectivity index (χ2v) is 4.99. The van der Waals surface area contributed by atoms with Gasteiger partial charge in [0.05, 0.1) is 24.3 Å². The van der Waals surface area contributed by atoms with Crippen LogP contribution in [0, 0.1) is 3.57 Å².